The van der Waals surface area contributed by atoms with Crippen LogP contribution in [0.4, 0.5) is 11.4 Å². The van der Waals surface area contributed by atoms with E-state index >= 15 is 0 Å². The van der Waals surface area contributed by atoms with Crippen molar-refractivity contribution in [1.82, 2.24) is 4.31 Å². The van der Waals surface area contributed by atoms with Gasteiger partial charge >= 0.3 is 0 Å². The van der Waals surface area contributed by atoms with Crippen molar-refractivity contribution in [3.63, 3.8) is 0 Å². The van der Waals surface area contributed by atoms with Crippen LogP contribution in [0.15, 0.2) is 53.4 Å². The van der Waals surface area contributed by atoms with Crippen LogP contribution in [0.25, 0.3) is 0 Å². The number of benzene rings is 2. The van der Waals surface area contributed by atoms with Crippen molar-refractivity contribution in [2.24, 2.45) is 0 Å². The average molecular weight is 385 g/mol. The molecule has 1 N–H and O–H groups in total. The van der Waals surface area contributed by atoms with E-state index in [4.69, 9.17) is 0 Å². The molecule has 1 saturated carbocycles. The third kappa shape index (κ3) is 3.22. The number of fused-ring (bicyclic) bond motifs is 1. The number of sulfonamides is 1. The summed E-state index contributed by atoms with van der Waals surface area (Å²) in [6.07, 6.45) is 1.76. The lowest BCUT2D eigenvalue weighted by molar-refractivity contribution is -0.115. The first-order chi connectivity index (χ1) is 12.9. The summed E-state index contributed by atoms with van der Waals surface area (Å²) in [5.74, 6) is -0.621. The molecular weight excluding hydrogens is 366 g/mol. The zero-order valence-electron chi connectivity index (χ0n) is 14.8. The summed E-state index contributed by atoms with van der Waals surface area (Å²) in [6, 6.07) is 13.0. The van der Waals surface area contributed by atoms with Gasteiger partial charge in [0.2, 0.25) is 15.9 Å². The van der Waals surface area contributed by atoms with Crippen LogP contribution in [0, 0.1) is 0 Å². The van der Waals surface area contributed by atoms with Gasteiger partial charge in [-0.25, -0.2) is 8.42 Å². The molecule has 0 unspecified atom stereocenters. The second-order valence-corrected chi connectivity index (χ2v) is 8.73. The second kappa shape index (κ2) is 6.47. The molecule has 1 heterocycles. The Bertz CT molecular complexity index is 1010. The van der Waals surface area contributed by atoms with Gasteiger partial charge in [-0.1, -0.05) is 12.1 Å². The number of nitrogens with zero attached hydrogens (tertiary/aromatic N) is 2. The number of amides is 2. The van der Waals surface area contributed by atoms with Gasteiger partial charge in [0.05, 0.1) is 16.3 Å². The van der Waals surface area contributed by atoms with Gasteiger partial charge in [-0.2, -0.15) is 4.31 Å². The molecule has 8 heteroatoms. The third-order valence-corrected chi connectivity index (χ3v) is 6.78. The van der Waals surface area contributed by atoms with Crippen molar-refractivity contribution in [3.05, 3.63) is 54.1 Å². The minimum atomic E-state index is -3.56. The number of hydrogen-bond donors (Lipinski definition) is 1. The summed E-state index contributed by atoms with van der Waals surface area (Å²) in [6.45, 7) is -0.0830. The molecule has 7 nitrogen and oxygen atoms in total. The summed E-state index contributed by atoms with van der Waals surface area (Å²) in [5, 5.41) is 2.74. The molecular formula is C19H19N3O4S. The fraction of sp³-hybridized carbons (Fsp3) is 0.263. The van der Waals surface area contributed by atoms with Gasteiger partial charge in [-0.15, -0.1) is 0 Å². The predicted molar refractivity (Wildman–Crippen MR) is 101 cm³/mol. The minimum Gasteiger partial charge on any atom is -0.323 e. The van der Waals surface area contributed by atoms with Gasteiger partial charge in [-0.05, 0) is 49.2 Å². The third-order valence-electron chi connectivity index (χ3n) is 4.86. The highest BCUT2D eigenvalue weighted by atomic mass is 32.2. The first kappa shape index (κ1) is 17.7. The molecule has 2 aromatic rings. The lowest BCUT2D eigenvalue weighted by atomic mass is 10.1. The van der Waals surface area contributed by atoms with Gasteiger partial charge in [0.15, 0.2) is 0 Å². The zero-order valence-corrected chi connectivity index (χ0v) is 15.6. The fourth-order valence-corrected chi connectivity index (χ4v) is 4.56. The Morgan fingerprint density at radius 3 is 2.44 bits per heavy atom. The topological polar surface area (TPSA) is 86.8 Å². The largest absolute Gasteiger partial charge is 0.323 e. The molecule has 0 bridgehead atoms. The van der Waals surface area contributed by atoms with Crippen LogP contribution in [-0.2, 0) is 14.8 Å². The maximum atomic E-state index is 12.9. The summed E-state index contributed by atoms with van der Waals surface area (Å²) in [5.41, 5.74) is 1.52. The number of carbonyl (C=O) groups is 2. The van der Waals surface area contributed by atoms with Crippen LogP contribution < -0.4 is 10.2 Å². The first-order valence-corrected chi connectivity index (χ1v) is 10.1. The maximum Gasteiger partial charge on any atom is 0.258 e. The molecule has 140 valence electrons. The highest BCUT2D eigenvalue weighted by Gasteiger charge is 2.35. The van der Waals surface area contributed by atoms with Crippen molar-refractivity contribution < 1.29 is 18.0 Å². The van der Waals surface area contributed by atoms with Crippen molar-refractivity contribution >= 4 is 33.2 Å². The standard InChI is InChI=1S/C19H19N3O4S/c1-21(14-8-9-14)27(25,26)15-10-6-13(7-11-15)19(24)22-12-18(23)20-16-4-2-3-5-17(16)22/h2-7,10-11,14H,8-9,12H2,1H3,(H,20,23). The highest BCUT2D eigenvalue weighted by molar-refractivity contribution is 7.89. The van der Waals surface area contributed by atoms with Crippen molar-refractivity contribution in [1.29, 1.82) is 0 Å². The normalized spacial score (nSPS) is 16.8. The van der Waals surface area contributed by atoms with Crippen LogP contribution in [0.3, 0.4) is 0 Å². The van der Waals surface area contributed by atoms with E-state index in [2.05, 4.69) is 5.32 Å². The minimum absolute atomic E-state index is 0.0691. The fourth-order valence-electron chi connectivity index (χ4n) is 3.14. The molecule has 2 aromatic carbocycles. The summed E-state index contributed by atoms with van der Waals surface area (Å²) < 4.78 is 26.5. The molecule has 2 amide bonds. The first-order valence-electron chi connectivity index (χ1n) is 8.67. The Morgan fingerprint density at radius 2 is 1.78 bits per heavy atom. The number of anilines is 2. The van der Waals surface area contributed by atoms with E-state index in [1.807, 2.05) is 0 Å². The Balaban J connectivity index is 1.61. The van der Waals surface area contributed by atoms with Crippen molar-refractivity contribution in [3.8, 4) is 0 Å². The number of carbonyl (C=O) groups excluding carboxylic acids is 2. The van der Waals surface area contributed by atoms with Gasteiger partial charge in [0.1, 0.15) is 6.54 Å². The second-order valence-electron chi connectivity index (χ2n) is 6.73. The summed E-state index contributed by atoms with van der Waals surface area (Å²) in [4.78, 5) is 26.4. The number of hydrogen-bond acceptors (Lipinski definition) is 4. The van der Waals surface area contributed by atoms with Crippen LogP contribution in [0.2, 0.25) is 0 Å². The molecule has 2 aliphatic rings. The van der Waals surface area contributed by atoms with E-state index in [1.165, 1.54) is 33.5 Å². The molecule has 0 saturated heterocycles. The average Bonchev–Trinajstić information content (AvgIpc) is 3.51. The van der Waals surface area contributed by atoms with Crippen LogP contribution >= 0.6 is 0 Å². The number of para-hydroxylation sites is 2. The predicted octanol–water partition coefficient (Wildman–Crippen LogP) is 2.07. The number of rotatable bonds is 4. The van der Waals surface area contributed by atoms with Crippen LogP contribution in [0.1, 0.15) is 23.2 Å². The number of nitrogens with one attached hydrogen (secondary N) is 1. The lowest BCUT2D eigenvalue weighted by Crippen LogP contribution is -2.42. The van der Waals surface area contributed by atoms with E-state index in [1.54, 1.807) is 31.3 Å². The zero-order chi connectivity index (χ0) is 19.2. The molecule has 1 aliphatic heterocycles. The smallest absolute Gasteiger partial charge is 0.258 e. The van der Waals surface area contributed by atoms with E-state index in [0.29, 0.717) is 16.9 Å². The van der Waals surface area contributed by atoms with E-state index in [-0.39, 0.29) is 29.3 Å². The Morgan fingerprint density at radius 1 is 1.11 bits per heavy atom. The van der Waals surface area contributed by atoms with Crippen LogP contribution in [0.5, 0.6) is 0 Å². The van der Waals surface area contributed by atoms with Crippen molar-refractivity contribution in [2.75, 3.05) is 23.8 Å². The lowest BCUT2D eigenvalue weighted by Gasteiger charge is -2.29. The van der Waals surface area contributed by atoms with Crippen LogP contribution in [-0.4, -0.2) is 44.2 Å². The van der Waals surface area contributed by atoms with Gasteiger partial charge < -0.3 is 5.32 Å². The Kier molecular flexibility index (Phi) is 4.24. The van der Waals surface area contributed by atoms with Gasteiger partial charge in [0, 0.05) is 18.7 Å². The molecule has 1 fully saturated rings. The van der Waals surface area contributed by atoms with E-state index in [9.17, 15) is 18.0 Å². The molecule has 0 atom stereocenters. The Hall–Kier alpha value is -2.71. The van der Waals surface area contributed by atoms with E-state index < -0.39 is 10.0 Å². The Labute approximate surface area is 157 Å². The SMILES string of the molecule is CN(C1CC1)S(=O)(=O)c1ccc(C(=O)N2CC(=O)Nc3ccccc32)cc1. The quantitative estimate of drug-likeness (QED) is 0.873. The summed E-state index contributed by atoms with van der Waals surface area (Å²) in [7, 11) is -1.98. The van der Waals surface area contributed by atoms with Gasteiger partial charge in [-0.3, -0.25) is 14.5 Å². The summed E-state index contributed by atoms with van der Waals surface area (Å²) >= 11 is 0. The molecule has 4 rings (SSSR count). The van der Waals surface area contributed by atoms with Gasteiger partial charge in [0.25, 0.3) is 5.91 Å². The molecule has 1 aliphatic carbocycles. The highest BCUT2D eigenvalue weighted by Crippen LogP contribution is 2.32. The van der Waals surface area contributed by atoms with Crippen molar-refractivity contribution in [2.45, 2.75) is 23.8 Å². The monoisotopic (exact) mass is 385 g/mol. The van der Waals surface area contributed by atoms with E-state index in [0.717, 1.165) is 12.8 Å². The molecule has 0 radical (unpaired) electrons. The molecule has 27 heavy (non-hydrogen) atoms. The maximum absolute atomic E-state index is 12.9. The molecule has 0 spiro atoms. The molecule has 0 aromatic heterocycles.